The van der Waals surface area contributed by atoms with Gasteiger partial charge in [-0.3, -0.25) is 0 Å². The first-order valence-corrected chi connectivity index (χ1v) is 5.52. The third-order valence-electron chi connectivity index (χ3n) is 2.17. The molecule has 0 aliphatic rings. The lowest BCUT2D eigenvalue weighted by atomic mass is 10.0. The molecule has 17 heavy (non-hydrogen) atoms. The molecule has 1 atom stereocenters. The zero-order valence-electron chi connectivity index (χ0n) is 10.6. The number of nitrogens with zero attached hydrogens (tertiary/aromatic N) is 3. The van der Waals surface area contributed by atoms with Crippen LogP contribution in [0.25, 0.3) is 10.4 Å². The van der Waals surface area contributed by atoms with Crippen LogP contribution < -0.4 is 5.32 Å². The van der Waals surface area contributed by atoms with Crippen molar-refractivity contribution in [2.45, 2.75) is 25.8 Å². The summed E-state index contributed by atoms with van der Waals surface area (Å²) in [5.74, 6) is -0.342. The van der Waals surface area contributed by atoms with Gasteiger partial charge in [0.15, 0.2) is 0 Å². The number of hydrogen-bond donors (Lipinski definition) is 1. The third kappa shape index (κ3) is 6.11. The van der Waals surface area contributed by atoms with Crippen molar-refractivity contribution < 1.29 is 14.3 Å². The van der Waals surface area contributed by atoms with Crippen molar-refractivity contribution in [3.63, 3.8) is 0 Å². The van der Waals surface area contributed by atoms with E-state index in [-0.39, 0.29) is 12.6 Å². The van der Waals surface area contributed by atoms with Gasteiger partial charge in [-0.05, 0) is 32.3 Å². The summed E-state index contributed by atoms with van der Waals surface area (Å²) in [6, 6.07) is 0. The van der Waals surface area contributed by atoms with Crippen molar-refractivity contribution in [2.24, 2.45) is 5.11 Å². The first kappa shape index (κ1) is 15.7. The fourth-order valence-corrected chi connectivity index (χ4v) is 1.32. The van der Waals surface area contributed by atoms with Crippen molar-refractivity contribution in [3.8, 4) is 0 Å². The van der Waals surface area contributed by atoms with Crippen LogP contribution in [0.5, 0.6) is 0 Å². The van der Waals surface area contributed by atoms with Crippen LogP contribution in [0.15, 0.2) is 5.11 Å². The van der Waals surface area contributed by atoms with E-state index in [1.165, 1.54) is 7.11 Å². The number of nitrogens with one attached hydrogen (secondary N) is 1. The van der Waals surface area contributed by atoms with E-state index in [2.05, 4.69) is 15.3 Å². The predicted molar refractivity (Wildman–Crippen MR) is 63.5 cm³/mol. The molecule has 1 N–H and O–H groups in total. The van der Waals surface area contributed by atoms with Crippen molar-refractivity contribution in [2.75, 3.05) is 33.4 Å². The minimum atomic E-state index is -0.860. The van der Waals surface area contributed by atoms with Crippen LogP contribution in [-0.4, -0.2) is 44.9 Å². The second-order valence-corrected chi connectivity index (χ2v) is 3.72. The quantitative estimate of drug-likeness (QED) is 0.217. The molecule has 1 unspecified atom stereocenters. The number of carbonyl (C=O) groups is 1. The molecule has 0 amide bonds. The topological polar surface area (TPSA) is 96.3 Å². The number of rotatable bonds is 9. The molecule has 0 saturated heterocycles. The van der Waals surface area contributed by atoms with E-state index in [0.29, 0.717) is 26.1 Å². The summed E-state index contributed by atoms with van der Waals surface area (Å²) in [6.45, 7) is 4.99. The Balaban J connectivity index is 4.19. The summed E-state index contributed by atoms with van der Waals surface area (Å²) in [5.41, 5.74) is 7.25. The number of esters is 1. The van der Waals surface area contributed by atoms with Gasteiger partial charge in [0, 0.05) is 18.6 Å². The molecule has 98 valence electrons. The lowest BCUT2D eigenvalue weighted by molar-refractivity contribution is -0.152. The lowest BCUT2D eigenvalue weighted by Crippen LogP contribution is -2.54. The van der Waals surface area contributed by atoms with E-state index < -0.39 is 5.54 Å². The van der Waals surface area contributed by atoms with Gasteiger partial charge >= 0.3 is 5.97 Å². The highest BCUT2D eigenvalue weighted by atomic mass is 16.5. The summed E-state index contributed by atoms with van der Waals surface area (Å²) in [4.78, 5) is 14.4. The molecule has 0 aliphatic heterocycles. The Hall–Kier alpha value is -1.30. The predicted octanol–water partition coefficient (Wildman–Crippen LogP) is 1.24. The minimum Gasteiger partial charge on any atom is -0.465 e. The highest BCUT2D eigenvalue weighted by Gasteiger charge is 2.34. The Labute approximate surface area is 101 Å². The second-order valence-electron chi connectivity index (χ2n) is 3.72. The summed E-state index contributed by atoms with van der Waals surface area (Å²) in [6.07, 6.45) is 0.656. The van der Waals surface area contributed by atoms with Crippen molar-refractivity contribution in [1.82, 2.24) is 5.32 Å². The van der Waals surface area contributed by atoms with Gasteiger partial charge in [0.1, 0.15) is 5.54 Å². The van der Waals surface area contributed by atoms with Crippen LogP contribution in [0.1, 0.15) is 20.3 Å². The maximum absolute atomic E-state index is 11.7. The number of hydrogen-bond acceptors (Lipinski definition) is 5. The molecule has 0 bridgehead atoms. The first-order valence-electron chi connectivity index (χ1n) is 5.52. The van der Waals surface area contributed by atoms with E-state index in [1.807, 2.05) is 0 Å². The van der Waals surface area contributed by atoms with Gasteiger partial charge in [-0.15, -0.1) is 0 Å². The van der Waals surface area contributed by atoms with E-state index in [4.69, 9.17) is 15.0 Å². The Bertz CT molecular complexity index is 279. The molecule has 0 heterocycles. The summed E-state index contributed by atoms with van der Waals surface area (Å²) in [7, 11) is 1.53. The highest BCUT2D eigenvalue weighted by molar-refractivity contribution is 5.80. The molecule has 0 fully saturated rings. The molecule has 0 rings (SSSR count). The minimum absolute atomic E-state index is 0.230. The Morgan fingerprint density at radius 1 is 1.59 bits per heavy atom. The molecular formula is C10H20N4O3. The molecule has 0 aromatic rings. The van der Waals surface area contributed by atoms with E-state index in [0.717, 1.165) is 0 Å². The zero-order chi connectivity index (χ0) is 13.1. The molecule has 7 heteroatoms. The number of methoxy groups -OCH3 is 1. The van der Waals surface area contributed by atoms with Gasteiger partial charge in [0.25, 0.3) is 0 Å². The Morgan fingerprint density at radius 3 is 2.82 bits per heavy atom. The maximum Gasteiger partial charge on any atom is 0.328 e. The van der Waals surface area contributed by atoms with Crippen LogP contribution in [-0.2, 0) is 14.3 Å². The van der Waals surface area contributed by atoms with Crippen molar-refractivity contribution in [1.29, 1.82) is 0 Å². The van der Waals surface area contributed by atoms with E-state index in [9.17, 15) is 4.79 Å². The largest absolute Gasteiger partial charge is 0.465 e. The normalized spacial score (nSPS) is 13.6. The fourth-order valence-electron chi connectivity index (χ4n) is 1.32. The standard InChI is InChI=1S/C10H20N4O3/c1-4-17-9(15)10(2,8-16-3)12-6-5-7-13-14-11/h12H,4-8H2,1-3H3. The second kappa shape index (κ2) is 8.81. The number of ether oxygens (including phenoxy) is 2. The molecule has 0 aromatic heterocycles. The summed E-state index contributed by atoms with van der Waals surface area (Å²) < 4.78 is 9.98. The van der Waals surface area contributed by atoms with Crippen molar-refractivity contribution in [3.05, 3.63) is 10.4 Å². The summed E-state index contributed by atoms with van der Waals surface area (Å²) >= 11 is 0. The molecule has 0 radical (unpaired) electrons. The molecule has 0 saturated carbocycles. The monoisotopic (exact) mass is 244 g/mol. The Morgan fingerprint density at radius 2 is 2.29 bits per heavy atom. The van der Waals surface area contributed by atoms with Crippen LogP contribution in [0.4, 0.5) is 0 Å². The van der Waals surface area contributed by atoms with Crippen LogP contribution >= 0.6 is 0 Å². The molecule has 0 aromatic carbocycles. The SMILES string of the molecule is CCOC(=O)C(C)(COC)NCCCN=[N+]=[N-]. The average molecular weight is 244 g/mol. The van der Waals surface area contributed by atoms with Crippen LogP contribution in [0, 0.1) is 0 Å². The molecule has 0 aliphatic carbocycles. The molecule has 0 spiro atoms. The van der Waals surface area contributed by atoms with Gasteiger partial charge in [0.05, 0.1) is 13.2 Å². The van der Waals surface area contributed by atoms with Gasteiger partial charge in [0.2, 0.25) is 0 Å². The van der Waals surface area contributed by atoms with Gasteiger partial charge in [-0.2, -0.15) is 0 Å². The number of carbonyl (C=O) groups excluding carboxylic acids is 1. The van der Waals surface area contributed by atoms with Crippen molar-refractivity contribution >= 4 is 5.97 Å². The van der Waals surface area contributed by atoms with E-state index >= 15 is 0 Å². The van der Waals surface area contributed by atoms with E-state index in [1.54, 1.807) is 13.8 Å². The van der Waals surface area contributed by atoms with Gasteiger partial charge in [-0.1, -0.05) is 5.11 Å². The third-order valence-corrected chi connectivity index (χ3v) is 2.17. The number of azide groups is 1. The van der Waals surface area contributed by atoms with Crippen LogP contribution in [0.3, 0.4) is 0 Å². The fraction of sp³-hybridized carbons (Fsp3) is 0.900. The van der Waals surface area contributed by atoms with Crippen LogP contribution in [0.2, 0.25) is 0 Å². The highest BCUT2D eigenvalue weighted by Crippen LogP contribution is 2.07. The Kier molecular flexibility index (Phi) is 8.13. The summed E-state index contributed by atoms with van der Waals surface area (Å²) in [5, 5.41) is 6.47. The van der Waals surface area contributed by atoms with Gasteiger partial charge < -0.3 is 14.8 Å². The average Bonchev–Trinajstić information content (AvgIpc) is 2.29. The van der Waals surface area contributed by atoms with Gasteiger partial charge in [-0.25, -0.2) is 4.79 Å². The lowest BCUT2D eigenvalue weighted by Gasteiger charge is -2.27. The smallest absolute Gasteiger partial charge is 0.328 e. The maximum atomic E-state index is 11.7. The molecule has 7 nitrogen and oxygen atoms in total. The first-order chi connectivity index (χ1) is 8.10. The zero-order valence-corrected chi connectivity index (χ0v) is 10.6. The molecular weight excluding hydrogens is 224 g/mol.